The lowest BCUT2D eigenvalue weighted by molar-refractivity contribution is 0.106. The van der Waals surface area contributed by atoms with Crippen molar-refractivity contribution in [3.05, 3.63) is 163 Å². The molecule has 0 saturated heterocycles. The normalized spacial score (nSPS) is 20.3. The lowest BCUT2D eigenvalue weighted by atomic mass is 9.82. The molecule has 0 atom stereocenters. The van der Waals surface area contributed by atoms with Crippen LogP contribution in [0.15, 0.2) is 106 Å². The largest absolute Gasteiger partial charge is 0.287 e. The SMILES string of the molecule is [C-]#[N+]C(C#N)=C1C(=NC2=Cc3cc4sc5cc6c(cc5c4cc3C2(C)C)C(C)(C)C(N=C2C(=O)c3ccccc3/C2=C(/C#N)[N+]#[C-])=C6)C(=O)c2ccccc21. The first kappa shape index (κ1) is 33.5. The molecule has 0 bridgehead atoms. The average molecular weight is 727 g/mol. The number of nitriles is 2. The number of aliphatic imine (C=N–C) groups is 2. The predicted molar refractivity (Wildman–Crippen MR) is 216 cm³/mol. The van der Waals surface area contributed by atoms with Crippen LogP contribution in [0.5, 0.6) is 0 Å². The molecule has 4 aliphatic carbocycles. The van der Waals surface area contributed by atoms with Crippen LogP contribution in [0.3, 0.4) is 0 Å². The summed E-state index contributed by atoms with van der Waals surface area (Å²) in [6.45, 7) is 23.6. The van der Waals surface area contributed by atoms with Crippen LogP contribution in [0.4, 0.5) is 0 Å². The van der Waals surface area contributed by atoms with E-state index in [1.807, 2.05) is 24.3 Å². The molecule has 1 aromatic heterocycles. The first-order valence-electron chi connectivity index (χ1n) is 17.4. The average Bonchev–Trinajstić information content (AvgIpc) is 3.90. The van der Waals surface area contributed by atoms with Crippen molar-refractivity contribution in [3.8, 4) is 12.1 Å². The lowest BCUT2D eigenvalue weighted by Crippen LogP contribution is -2.19. The fourth-order valence-electron chi connectivity index (χ4n) is 8.24. The molecule has 1 heterocycles. The van der Waals surface area contributed by atoms with Gasteiger partial charge in [0.25, 0.3) is 11.4 Å². The summed E-state index contributed by atoms with van der Waals surface area (Å²) in [6.07, 6.45) is 4.00. The minimum atomic E-state index is -0.596. The molecular weight excluding hydrogens is 701 g/mol. The Morgan fingerprint density at radius 2 is 1.02 bits per heavy atom. The van der Waals surface area contributed by atoms with Crippen molar-refractivity contribution < 1.29 is 9.59 Å². The number of allylic oxidation sites excluding steroid dienone is 6. The third kappa shape index (κ3) is 4.58. The van der Waals surface area contributed by atoms with Crippen molar-refractivity contribution in [2.75, 3.05) is 0 Å². The second-order valence-corrected chi connectivity index (χ2v) is 15.9. The first-order chi connectivity index (χ1) is 26.4. The van der Waals surface area contributed by atoms with Crippen molar-refractivity contribution in [1.82, 2.24) is 0 Å². The lowest BCUT2D eigenvalue weighted by Gasteiger charge is -2.23. The van der Waals surface area contributed by atoms with Gasteiger partial charge in [0, 0.05) is 53.3 Å². The van der Waals surface area contributed by atoms with Gasteiger partial charge in [-0.1, -0.05) is 76.2 Å². The van der Waals surface area contributed by atoms with Crippen molar-refractivity contribution in [3.63, 3.8) is 0 Å². The fourth-order valence-corrected chi connectivity index (χ4v) is 9.41. The maximum Gasteiger partial charge on any atom is 0.271 e. The van der Waals surface area contributed by atoms with Gasteiger partial charge in [-0.15, -0.1) is 11.3 Å². The minimum absolute atomic E-state index is 0.113. The molecule has 9 rings (SSSR count). The summed E-state index contributed by atoms with van der Waals surface area (Å²) in [5.74, 6) is -0.607. The van der Waals surface area contributed by atoms with Crippen molar-refractivity contribution in [1.29, 1.82) is 10.5 Å². The van der Waals surface area contributed by atoms with E-state index in [9.17, 15) is 20.1 Å². The molecule has 258 valence electrons. The van der Waals surface area contributed by atoms with Crippen molar-refractivity contribution in [2.24, 2.45) is 9.98 Å². The molecule has 0 spiro atoms. The van der Waals surface area contributed by atoms with Crippen LogP contribution in [-0.2, 0) is 10.8 Å². The van der Waals surface area contributed by atoms with Crippen molar-refractivity contribution >= 4 is 77.8 Å². The zero-order chi connectivity index (χ0) is 38.6. The van der Waals surface area contributed by atoms with Crippen LogP contribution in [-0.4, -0.2) is 23.0 Å². The number of fused-ring (bicyclic) bond motifs is 7. The molecule has 4 aliphatic rings. The first-order valence-corrected chi connectivity index (χ1v) is 18.2. The summed E-state index contributed by atoms with van der Waals surface area (Å²) >= 11 is 1.67. The molecule has 8 nitrogen and oxygen atoms in total. The van der Waals surface area contributed by atoms with Crippen LogP contribution in [0.1, 0.15) is 81.8 Å². The molecular formula is C46H26N6O2S. The predicted octanol–water partition coefficient (Wildman–Crippen LogP) is 10.3. The summed E-state index contributed by atoms with van der Waals surface area (Å²) < 4.78 is 2.19. The third-order valence-electron chi connectivity index (χ3n) is 11.2. The van der Waals surface area contributed by atoms with Crippen LogP contribution < -0.4 is 0 Å². The maximum atomic E-state index is 13.7. The standard InChI is InChI=1S/C46H26N6O2S/c1-45(2)31-19-29-30-20-32-24(18-38(46(32,3)4)52-42-40(34(22-48)50-6)26-12-8-10-14-28(26)44(42)54)16-36(30)55-35(29)15-23(31)17-37(45)51-41-39(33(21-47)49-5)25-11-7-9-13-27(25)43(41)53/h7-20H,1-4H3/b39-33+,40-34?,51-41?,52-42?. The highest BCUT2D eigenvalue weighted by Crippen LogP contribution is 2.50. The number of carbonyl (C=O) groups excluding carboxylic acids is 2. The van der Waals surface area contributed by atoms with Gasteiger partial charge in [-0.3, -0.25) is 9.59 Å². The van der Waals surface area contributed by atoms with Gasteiger partial charge < -0.3 is 0 Å². The summed E-state index contributed by atoms with van der Waals surface area (Å²) in [5, 5.41) is 21.8. The fraction of sp³-hybridized carbons (Fsp3) is 0.130. The van der Waals surface area contributed by atoms with Gasteiger partial charge in [-0.25, -0.2) is 30.2 Å². The Morgan fingerprint density at radius 3 is 1.38 bits per heavy atom. The number of carbonyl (C=O) groups is 2. The van der Waals surface area contributed by atoms with E-state index in [-0.39, 0.29) is 45.5 Å². The van der Waals surface area contributed by atoms with E-state index in [0.717, 1.165) is 42.4 Å². The van der Waals surface area contributed by atoms with Gasteiger partial charge in [0.1, 0.15) is 11.4 Å². The van der Waals surface area contributed by atoms with Gasteiger partial charge >= 0.3 is 0 Å². The molecule has 4 aromatic carbocycles. The molecule has 0 amide bonds. The molecule has 0 saturated carbocycles. The van der Waals surface area contributed by atoms with Crippen LogP contribution in [0, 0.1) is 35.8 Å². The van der Waals surface area contributed by atoms with E-state index < -0.39 is 10.8 Å². The smallest absolute Gasteiger partial charge is 0.271 e. The Balaban J connectivity index is 1.13. The molecule has 0 aliphatic heterocycles. The Hall–Kier alpha value is -7.30. The highest BCUT2D eigenvalue weighted by Gasteiger charge is 2.40. The van der Waals surface area contributed by atoms with Gasteiger partial charge in [-0.05, 0) is 69.8 Å². The summed E-state index contributed by atoms with van der Waals surface area (Å²) in [6, 6.07) is 26.7. The molecule has 0 radical (unpaired) electrons. The topological polar surface area (TPSA) is 115 Å². The van der Waals surface area contributed by atoms with E-state index in [1.165, 1.54) is 0 Å². The molecule has 5 aromatic rings. The summed E-state index contributed by atoms with van der Waals surface area (Å²) in [7, 11) is 0. The zero-order valence-electron chi connectivity index (χ0n) is 30.0. The summed E-state index contributed by atoms with van der Waals surface area (Å²) in [5.41, 5.74) is 6.65. The van der Waals surface area contributed by atoms with Crippen LogP contribution in [0.25, 0.3) is 53.2 Å². The van der Waals surface area contributed by atoms with Crippen LogP contribution in [0.2, 0.25) is 0 Å². The number of nitrogens with zero attached hydrogens (tertiary/aromatic N) is 6. The molecule has 55 heavy (non-hydrogen) atoms. The van der Waals surface area contributed by atoms with E-state index in [1.54, 1.807) is 59.9 Å². The summed E-state index contributed by atoms with van der Waals surface area (Å²) in [4.78, 5) is 44.1. The number of ketones is 2. The monoisotopic (exact) mass is 726 g/mol. The number of benzene rings is 4. The number of hydrogen-bond acceptors (Lipinski definition) is 7. The molecule has 9 heteroatoms. The Kier molecular flexibility index (Phi) is 7.07. The van der Waals surface area contributed by atoms with Gasteiger partial charge in [0.2, 0.25) is 11.6 Å². The quantitative estimate of drug-likeness (QED) is 0.133. The number of Topliss-reactive ketones (excluding diaryl/α,β-unsaturated/α-hetero) is 2. The Bertz CT molecular complexity index is 2870. The highest BCUT2D eigenvalue weighted by atomic mass is 32.1. The second kappa shape index (κ2) is 11.6. The minimum Gasteiger partial charge on any atom is -0.287 e. The molecule has 0 fully saturated rings. The van der Waals surface area contributed by atoms with E-state index in [0.29, 0.717) is 33.6 Å². The number of rotatable bonds is 2. The third-order valence-corrected chi connectivity index (χ3v) is 12.3. The molecule has 0 unspecified atom stereocenters. The molecule has 0 N–H and O–H groups in total. The Labute approximate surface area is 320 Å². The van der Waals surface area contributed by atoms with E-state index in [2.05, 4.69) is 61.7 Å². The maximum absolute atomic E-state index is 13.7. The second-order valence-electron chi connectivity index (χ2n) is 14.8. The highest BCUT2D eigenvalue weighted by molar-refractivity contribution is 7.25. The van der Waals surface area contributed by atoms with Crippen LogP contribution >= 0.6 is 11.3 Å². The Morgan fingerprint density at radius 1 is 0.636 bits per heavy atom. The van der Waals surface area contributed by atoms with E-state index in [4.69, 9.17) is 23.1 Å². The van der Waals surface area contributed by atoms with Crippen molar-refractivity contribution in [2.45, 2.75) is 38.5 Å². The zero-order valence-corrected chi connectivity index (χ0v) is 30.8. The van der Waals surface area contributed by atoms with Gasteiger partial charge in [0.05, 0.1) is 36.7 Å². The number of thiophene rings is 1. The van der Waals surface area contributed by atoms with E-state index >= 15 is 0 Å². The number of hydrogen-bond donors (Lipinski definition) is 0. The van der Waals surface area contributed by atoms with Gasteiger partial charge in [-0.2, -0.15) is 0 Å². The van der Waals surface area contributed by atoms with Gasteiger partial charge in [0.15, 0.2) is 0 Å².